The average Bonchev–Trinajstić information content (AvgIpc) is 3.13. The normalized spacial score (nSPS) is 19.1. The van der Waals surface area contributed by atoms with Gasteiger partial charge in [-0.15, -0.1) is 35.3 Å². The second-order valence-corrected chi connectivity index (χ2v) is 6.80. The number of likely N-dealkylation sites (tertiary alicyclic amines) is 1. The molecule has 1 atom stereocenters. The molecular weight excluding hydrogens is 511 g/mol. The van der Waals surface area contributed by atoms with E-state index >= 15 is 0 Å². The van der Waals surface area contributed by atoms with E-state index in [0.717, 1.165) is 16.7 Å². The predicted molar refractivity (Wildman–Crippen MR) is 102 cm³/mol. The molecule has 1 aliphatic rings. The van der Waals surface area contributed by atoms with Gasteiger partial charge >= 0.3 is 12.4 Å². The molecule has 0 saturated carbocycles. The van der Waals surface area contributed by atoms with Crippen molar-refractivity contribution in [2.24, 2.45) is 4.99 Å². The monoisotopic (exact) mass is 531 g/mol. The van der Waals surface area contributed by atoms with E-state index in [9.17, 15) is 26.3 Å². The molecular formula is C14H20F6IN5S. The molecule has 27 heavy (non-hydrogen) atoms. The Morgan fingerprint density at radius 3 is 2.59 bits per heavy atom. The number of aliphatic imine (C=N–C) groups is 1. The van der Waals surface area contributed by atoms with Crippen LogP contribution >= 0.6 is 35.3 Å². The number of rotatable bonds is 5. The molecule has 2 heterocycles. The summed E-state index contributed by atoms with van der Waals surface area (Å²) in [5.74, 6) is 0.399. The van der Waals surface area contributed by atoms with E-state index in [2.05, 4.69) is 20.6 Å². The van der Waals surface area contributed by atoms with Gasteiger partial charge in [0.2, 0.25) is 0 Å². The van der Waals surface area contributed by atoms with E-state index in [4.69, 9.17) is 0 Å². The Bertz CT molecular complexity index is 618. The summed E-state index contributed by atoms with van der Waals surface area (Å²) in [4.78, 5) is 8.83. The molecule has 0 aliphatic carbocycles. The molecule has 0 bridgehead atoms. The number of guanidine groups is 1. The Morgan fingerprint density at radius 2 is 2.04 bits per heavy atom. The fraction of sp³-hybridized carbons (Fsp3) is 0.714. The van der Waals surface area contributed by atoms with Crippen molar-refractivity contribution in [3.63, 3.8) is 0 Å². The molecule has 0 amide bonds. The summed E-state index contributed by atoms with van der Waals surface area (Å²) in [6.45, 7) is -0.0403. The molecule has 0 aromatic carbocycles. The van der Waals surface area contributed by atoms with E-state index in [-0.39, 0.29) is 43.0 Å². The summed E-state index contributed by atoms with van der Waals surface area (Å²) in [5, 5.41) is 7.28. The van der Waals surface area contributed by atoms with Crippen molar-refractivity contribution in [2.75, 3.05) is 33.2 Å². The van der Waals surface area contributed by atoms with Crippen molar-refractivity contribution in [3.8, 4) is 0 Å². The first-order valence-electron chi connectivity index (χ1n) is 7.84. The molecule has 1 saturated heterocycles. The third-order valence-corrected chi connectivity index (χ3v) is 4.62. The topological polar surface area (TPSA) is 52.6 Å². The quantitative estimate of drug-likeness (QED) is 0.266. The van der Waals surface area contributed by atoms with Crippen LogP contribution in [-0.4, -0.2) is 61.3 Å². The Balaban J connectivity index is 0.00000364. The van der Waals surface area contributed by atoms with Crippen LogP contribution in [0.5, 0.6) is 0 Å². The van der Waals surface area contributed by atoms with Crippen molar-refractivity contribution >= 4 is 41.3 Å². The van der Waals surface area contributed by atoms with Crippen LogP contribution in [-0.2, 0) is 12.6 Å². The van der Waals surface area contributed by atoms with Gasteiger partial charge in [-0.3, -0.25) is 9.89 Å². The summed E-state index contributed by atoms with van der Waals surface area (Å²) in [5.41, 5.74) is -0.907. The molecule has 2 rings (SSSR count). The average molecular weight is 531 g/mol. The van der Waals surface area contributed by atoms with Crippen molar-refractivity contribution in [1.82, 2.24) is 20.5 Å². The SMILES string of the molecule is CN=C(NCCc1nc(C(F)(F)F)cs1)NC1CCN(CC(F)(F)F)C1.I. The number of halogens is 7. The van der Waals surface area contributed by atoms with Gasteiger partial charge in [-0.1, -0.05) is 0 Å². The standard InChI is InChI=1S/C14H19F6N5S.HI/c1-21-12(23-9-3-5-25(6-9)8-13(15,16)17)22-4-2-11-24-10(7-26-11)14(18,19)20;/h7,9H,2-6,8H2,1H3,(H2,21,22,23);1H. The molecule has 1 fully saturated rings. The van der Waals surface area contributed by atoms with Crippen molar-refractivity contribution in [3.05, 3.63) is 16.1 Å². The van der Waals surface area contributed by atoms with Crippen LogP contribution in [0, 0.1) is 0 Å². The molecule has 1 aromatic heterocycles. The molecule has 1 aromatic rings. The Labute approximate surface area is 173 Å². The van der Waals surface area contributed by atoms with Gasteiger partial charge in [-0.05, 0) is 6.42 Å². The summed E-state index contributed by atoms with van der Waals surface area (Å²) >= 11 is 0.930. The van der Waals surface area contributed by atoms with Crippen LogP contribution in [0.2, 0.25) is 0 Å². The van der Waals surface area contributed by atoms with Gasteiger partial charge < -0.3 is 10.6 Å². The smallest absolute Gasteiger partial charge is 0.356 e. The summed E-state index contributed by atoms with van der Waals surface area (Å²) < 4.78 is 74.7. The number of nitrogens with one attached hydrogen (secondary N) is 2. The first-order chi connectivity index (χ1) is 12.1. The van der Waals surface area contributed by atoms with Gasteiger partial charge in [0, 0.05) is 44.5 Å². The summed E-state index contributed by atoms with van der Waals surface area (Å²) in [6.07, 6.45) is -7.84. The molecule has 13 heteroatoms. The van der Waals surface area contributed by atoms with E-state index in [1.807, 2.05) is 0 Å². The number of alkyl halides is 6. The summed E-state index contributed by atoms with van der Waals surface area (Å²) in [7, 11) is 1.52. The molecule has 5 nitrogen and oxygen atoms in total. The molecule has 0 radical (unpaired) electrons. The third kappa shape index (κ3) is 8.37. The van der Waals surface area contributed by atoms with Crippen molar-refractivity contribution < 1.29 is 26.3 Å². The zero-order valence-corrected chi connectivity index (χ0v) is 17.5. The van der Waals surface area contributed by atoms with Gasteiger partial charge in [0.1, 0.15) is 0 Å². The molecule has 2 N–H and O–H groups in total. The van der Waals surface area contributed by atoms with E-state index in [1.54, 1.807) is 0 Å². The number of aromatic nitrogens is 1. The van der Waals surface area contributed by atoms with Crippen molar-refractivity contribution in [1.29, 1.82) is 0 Å². The third-order valence-electron chi connectivity index (χ3n) is 3.71. The zero-order valence-electron chi connectivity index (χ0n) is 14.3. The lowest BCUT2D eigenvalue weighted by molar-refractivity contribution is -0.143. The lowest BCUT2D eigenvalue weighted by atomic mass is 10.3. The van der Waals surface area contributed by atoms with Gasteiger partial charge in [0.05, 0.1) is 11.6 Å². The maximum Gasteiger partial charge on any atom is 0.434 e. The van der Waals surface area contributed by atoms with Crippen LogP contribution in [0.15, 0.2) is 10.4 Å². The van der Waals surface area contributed by atoms with Gasteiger partial charge in [-0.25, -0.2) is 4.98 Å². The van der Waals surface area contributed by atoms with Gasteiger partial charge in [0.15, 0.2) is 11.7 Å². The second-order valence-electron chi connectivity index (χ2n) is 5.85. The largest absolute Gasteiger partial charge is 0.434 e. The lowest BCUT2D eigenvalue weighted by Crippen LogP contribution is -2.45. The first-order valence-corrected chi connectivity index (χ1v) is 8.72. The second kappa shape index (κ2) is 10.1. The van der Waals surface area contributed by atoms with Crippen LogP contribution in [0.3, 0.4) is 0 Å². The molecule has 1 unspecified atom stereocenters. The maximum absolute atomic E-state index is 12.5. The number of thiazole rings is 1. The number of hydrogen-bond acceptors (Lipinski definition) is 4. The highest BCUT2D eigenvalue weighted by Gasteiger charge is 2.35. The van der Waals surface area contributed by atoms with E-state index in [0.29, 0.717) is 30.5 Å². The number of hydrogen-bond donors (Lipinski definition) is 2. The Hall–Kier alpha value is -0.830. The number of nitrogens with zero attached hydrogens (tertiary/aromatic N) is 3. The fourth-order valence-electron chi connectivity index (χ4n) is 2.58. The minimum absolute atomic E-state index is 0. The highest BCUT2D eigenvalue weighted by molar-refractivity contribution is 14.0. The molecule has 156 valence electrons. The highest BCUT2D eigenvalue weighted by atomic mass is 127. The first kappa shape index (κ1) is 24.2. The molecule has 1 aliphatic heterocycles. The van der Waals surface area contributed by atoms with Crippen LogP contribution < -0.4 is 10.6 Å². The maximum atomic E-state index is 12.5. The van der Waals surface area contributed by atoms with Gasteiger partial charge in [-0.2, -0.15) is 26.3 Å². The Morgan fingerprint density at radius 1 is 1.33 bits per heavy atom. The zero-order chi connectivity index (χ0) is 19.4. The van der Waals surface area contributed by atoms with Crippen LogP contribution in [0.25, 0.3) is 0 Å². The van der Waals surface area contributed by atoms with Crippen molar-refractivity contribution in [2.45, 2.75) is 31.2 Å². The lowest BCUT2D eigenvalue weighted by Gasteiger charge is -2.19. The van der Waals surface area contributed by atoms with E-state index in [1.165, 1.54) is 11.9 Å². The van der Waals surface area contributed by atoms with E-state index < -0.39 is 24.6 Å². The Kier molecular flexibility index (Phi) is 9.05. The van der Waals surface area contributed by atoms with Gasteiger partial charge in [0.25, 0.3) is 0 Å². The highest BCUT2D eigenvalue weighted by Crippen LogP contribution is 2.30. The minimum Gasteiger partial charge on any atom is -0.356 e. The predicted octanol–water partition coefficient (Wildman–Crippen LogP) is 3.12. The molecule has 0 spiro atoms. The van der Waals surface area contributed by atoms with Crippen LogP contribution in [0.1, 0.15) is 17.1 Å². The summed E-state index contributed by atoms with van der Waals surface area (Å²) in [6, 6.07) is -0.166. The minimum atomic E-state index is -4.45. The van der Waals surface area contributed by atoms with Crippen LogP contribution in [0.4, 0.5) is 26.3 Å². The fourth-order valence-corrected chi connectivity index (χ4v) is 3.38.